The van der Waals surface area contributed by atoms with Crippen molar-refractivity contribution in [3.63, 3.8) is 0 Å². The number of aromatic nitrogens is 2. The van der Waals surface area contributed by atoms with E-state index >= 15 is 4.39 Å². The van der Waals surface area contributed by atoms with Gasteiger partial charge in [0.1, 0.15) is 11.6 Å². The Balaban J connectivity index is 1.46. The van der Waals surface area contributed by atoms with E-state index in [0.717, 1.165) is 28.5 Å². The second kappa shape index (κ2) is 10.2. The fourth-order valence-electron chi connectivity index (χ4n) is 3.66. The highest BCUT2D eigenvalue weighted by molar-refractivity contribution is 5.87. The second-order valence-electron chi connectivity index (χ2n) is 7.82. The molecule has 0 atom stereocenters. The number of aryl methyl sites for hydroxylation is 2. The van der Waals surface area contributed by atoms with Crippen molar-refractivity contribution >= 4 is 10.8 Å². The molecule has 0 radical (unpaired) electrons. The Hall–Kier alpha value is -3.52. The number of ether oxygens (including phenoxy) is 2. The maximum Gasteiger partial charge on any atom is 0.573 e. The molecule has 0 aliphatic rings. The molecule has 0 aliphatic heterocycles. The first-order valence-corrected chi connectivity index (χ1v) is 10.7. The SMILES string of the molecule is COCCc1cnc(-c2ccc3c(F)c(CCc4ccc(OC(F)(F)F)cc4)ccc3c2)nc1. The van der Waals surface area contributed by atoms with Crippen molar-refractivity contribution in [3.8, 4) is 17.1 Å². The number of hydrogen-bond acceptors (Lipinski definition) is 4. The Labute approximate surface area is 194 Å². The lowest BCUT2D eigenvalue weighted by Gasteiger charge is -2.10. The lowest BCUT2D eigenvalue weighted by atomic mass is 9.99. The molecule has 0 fully saturated rings. The lowest BCUT2D eigenvalue weighted by Crippen LogP contribution is -2.17. The Morgan fingerprint density at radius 2 is 1.56 bits per heavy atom. The molecule has 4 aromatic rings. The van der Waals surface area contributed by atoms with E-state index in [1.807, 2.05) is 12.1 Å². The Bertz CT molecular complexity index is 1260. The maximum atomic E-state index is 15.1. The first-order valence-electron chi connectivity index (χ1n) is 10.7. The van der Waals surface area contributed by atoms with Gasteiger partial charge in [-0.15, -0.1) is 13.2 Å². The van der Waals surface area contributed by atoms with Gasteiger partial charge in [-0.3, -0.25) is 0 Å². The van der Waals surface area contributed by atoms with Crippen LogP contribution in [0.1, 0.15) is 16.7 Å². The van der Waals surface area contributed by atoms with Crippen LogP contribution in [0, 0.1) is 5.82 Å². The summed E-state index contributed by atoms with van der Waals surface area (Å²) >= 11 is 0. The standard InChI is InChI=1S/C26H22F4N2O2/c1-33-13-12-18-15-31-25(32-16-18)21-8-11-23-20(14-21)7-6-19(24(23)27)5-2-17-3-9-22(10-4-17)34-26(28,29)30/h3-4,6-11,14-16H,2,5,12-13H2,1H3. The number of halogens is 4. The summed E-state index contributed by atoms with van der Waals surface area (Å²) in [5, 5.41) is 1.23. The summed E-state index contributed by atoms with van der Waals surface area (Å²) in [6, 6.07) is 14.6. The summed E-state index contributed by atoms with van der Waals surface area (Å²) in [4.78, 5) is 8.81. The van der Waals surface area contributed by atoms with Crippen LogP contribution in [0.2, 0.25) is 0 Å². The molecule has 0 spiro atoms. The molecular weight excluding hydrogens is 448 g/mol. The van der Waals surface area contributed by atoms with Gasteiger partial charge in [0, 0.05) is 30.5 Å². The minimum absolute atomic E-state index is 0.280. The van der Waals surface area contributed by atoms with Crippen molar-refractivity contribution in [1.29, 1.82) is 0 Å². The molecule has 4 rings (SSSR count). The van der Waals surface area contributed by atoms with Crippen LogP contribution in [0.15, 0.2) is 67.0 Å². The van der Waals surface area contributed by atoms with Crippen molar-refractivity contribution in [2.24, 2.45) is 0 Å². The smallest absolute Gasteiger partial charge is 0.406 e. The van der Waals surface area contributed by atoms with Crippen LogP contribution in [0.25, 0.3) is 22.2 Å². The molecule has 8 heteroatoms. The van der Waals surface area contributed by atoms with Crippen LogP contribution >= 0.6 is 0 Å². The normalized spacial score (nSPS) is 11.7. The number of methoxy groups -OCH3 is 1. The zero-order valence-corrected chi connectivity index (χ0v) is 18.4. The fraction of sp³-hybridized carbons (Fsp3) is 0.231. The molecule has 4 nitrogen and oxygen atoms in total. The molecule has 3 aromatic carbocycles. The Morgan fingerprint density at radius 1 is 0.824 bits per heavy atom. The topological polar surface area (TPSA) is 44.2 Å². The van der Waals surface area contributed by atoms with Gasteiger partial charge in [0.15, 0.2) is 5.82 Å². The van der Waals surface area contributed by atoms with E-state index < -0.39 is 6.36 Å². The zero-order chi connectivity index (χ0) is 24.1. The van der Waals surface area contributed by atoms with E-state index in [-0.39, 0.29) is 11.6 Å². The van der Waals surface area contributed by atoms with Gasteiger partial charge < -0.3 is 9.47 Å². The molecule has 0 amide bonds. The molecular formula is C26H22F4N2O2. The van der Waals surface area contributed by atoms with E-state index in [0.29, 0.717) is 36.2 Å². The van der Waals surface area contributed by atoms with Crippen LogP contribution in [0.3, 0.4) is 0 Å². The highest BCUT2D eigenvalue weighted by atomic mass is 19.4. The van der Waals surface area contributed by atoms with E-state index in [4.69, 9.17) is 4.74 Å². The van der Waals surface area contributed by atoms with E-state index in [1.165, 1.54) is 12.1 Å². The minimum Gasteiger partial charge on any atom is -0.406 e. The molecule has 1 aromatic heterocycles. The van der Waals surface area contributed by atoms with Crippen molar-refractivity contribution in [1.82, 2.24) is 9.97 Å². The largest absolute Gasteiger partial charge is 0.573 e. The number of rotatable bonds is 8. The number of alkyl halides is 3. The molecule has 0 N–H and O–H groups in total. The third-order valence-electron chi connectivity index (χ3n) is 5.43. The maximum absolute atomic E-state index is 15.1. The van der Waals surface area contributed by atoms with Crippen LogP contribution in [-0.4, -0.2) is 30.0 Å². The number of fused-ring (bicyclic) bond motifs is 1. The Morgan fingerprint density at radius 3 is 2.24 bits per heavy atom. The summed E-state index contributed by atoms with van der Waals surface area (Å²) in [6.07, 6.45) is 0.419. The van der Waals surface area contributed by atoms with E-state index in [9.17, 15) is 13.2 Å². The average Bonchev–Trinajstić information content (AvgIpc) is 2.82. The quantitative estimate of drug-likeness (QED) is 0.283. The van der Waals surface area contributed by atoms with Crippen LogP contribution in [0.5, 0.6) is 5.75 Å². The highest BCUT2D eigenvalue weighted by Crippen LogP contribution is 2.27. The fourth-order valence-corrected chi connectivity index (χ4v) is 3.66. The number of nitrogens with zero attached hydrogens (tertiary/aromatic N) is 2. The second-order valence-corrected chi connectivity index (χ2v) is 7.82. The minimum atomic E-state index is -4.73. The summed E-state index contributed by atoms with van der Waals surface area (Å²) in [7, 11) is 1.64. The van der Waals surface area contributed by atoms with Crippen molar-refractivity contribution in [2.75, 3.05) is 13.7 Å². The molecule has 0 saturated heterocycles. The number of hydrogen-bond donors (Lipinski definition) is 0. The first-order chi connectivity index (χ1) is 16.3. The van der Waals surface area contributed by atoms with Crippen molar-refractivity contribution in [3.05, 3.63) is 89.5 Å². The van der Waals surface area contributed by atoms with Gasteiger partial charge in [0.25, 0.3) is 0 Å². The van der Waals surface area contributed by atoms with Gasteiger partial charge in [-0.25, -0.2) is 14.4 Å². The summed E-state index contributed by atoms with van der Waals surface area (Å²) in [6.45, 7) is 0.595. The van der Waals surface area contributed by atoms with Crippen LogP contribution in [-0.2, 0) is 24.0 Å². The molecule has 0 saturated carbocycles. The monoisotopic (exact) mass is 470 g/mol. The first kappa shape index (κ1) is 23.6. The van der Waals surface area contributed by atoms with E-state index in [1.54, 1.807) is 49.8 Å². The van der Waals surface area contributed by atoms with Crippen LogP contribution < -0.4 is 4.74 Å². The number of benzene rings is 3. The molecule has 0 bridgehead atoms. The molecule has 0 unspecified atom stereocenters. The van der Waals surface area contributed by atoms with E-state index in [2.05, 4.69) is 14.7 Å². The highest BCUT2D eigenvalue weighted by Gasteiger charge is 2.30. The summed E-state index contributed by atoms with van der Waals surface area (Å²) < 4.78 is 60.9. The van der Waals surface area contributed by atoms with Gasteiger partial charge in [-0.1, -0.05) is 36.4 Å². The lowest BCUT2D eigenvalue weighted by molar-refractivity contribution is -0.274. The Kier molecular flexibility index (Phi) is 7.07. The summed E-state index contributed by atoms with van der Waals surface area (Å²) in [5.41, 5.74) is 3.09. The zero-order valence-electron chi connectivity index (χ0n) is 18.4. The summed E-state index contributed by atoms with van der Waals surface area (Å²) in [5.74, 6) is -0.0278. The van der Waals surface area contributed by atoms with Crippen LogP contribution in [0.4, 0.5) is 17.6 Å². The van der Waals surface area contributed by atoms with Crippen molar-refractivity contribution in [2.45, 2.75) is 25.6 Å². The van der Waals surface area contributed by atoms with Gasteiger partial charge in [0.05, 0.1) is 6.61 Å². The molecule has 1 heterocycles. The third-order valence-corrected chi connectivity index (χ3v) is 5.43. The molecule has 0 aliphatic carbocycles. The predicted molar refractivity (Wildman–Crippen MR) is 121 cm³/mol. The molecule has 34 heavy (non-hydrogen) atoms. The third kappa shape index (κ3) is 5.88. The van der Waals surface area contributed by atoms with Gasteiger partial charge >= 0.3 is 6.36 Å². The average molecular weight is 470 g/mol. The van der Waals surface area contributed by atoms with Gasteiger partial charge in [-0.2, -0.15) is 0 Å². The predicted octanol–water partition coefficient (Wildman–Crippen LogP) is 6.31. The van der Waals surface area contributed by atoms with Gasteiger partial charge in [0.2, 0.25) is 0 Å². The van der Waals surface area contributed by atoms with Crippen molar-refractivity contribution < 1.29 is 27.0 Å². The van der Waals surface area contributed by atoms with Gasteiger partial charge in [-0.05, 0) is 59.5 Å². The molecule has 176 valence electrons.